The van der Waals surface area contributed by atoms with Crippen LogP contribution < -0.4 is 15.8 Å². The number of carbonyl (C=O) groups excluding carboxylic acids is 1. The number of nitrogens with one attached hydrogen (secondary N) is 2. The molecule has 12 heteroatoms. The molecule has 2 unspecified atom stereocenters. The number of hydrogen-bond donors (Lipinski definition) is 2. The summed E-state index contributed by atoms with van der Waals surface area (Å²) in [6.45, 7) is 1.86. The molecule has 1 amide bonds. The quantitative estimate of drug-likeness (QED) is 0.513. The number of benzene rings is 1. The molecule has 4 heterocycles. The molecule has 2 saturated heterocycles. The van der Waals surface area contributed by atoms with E-state index >= 15 is 0 Å². The van der Waals surface area contributed by atoms with Crippen LogP contribution in [0.2, 0.25) is 0 Å². The zero-order valence-electron chi connectivity index (χ0n) is 18.8. The van der Waals surface area contributed by atoms with Crippen molar-refractivity contribution in [2.24, 2.45) is 0 Å². The summed E-state index contributed by atoms with van der Waals surface area (Å²) in [6.07, 6.45) is -0.882. The van der Waals surface area contributed by atoms with Crippen LogP contribution in [-0.4, -0.2) is 62.7 Å². The summed E-state index contributed by atoms with van der Waals surface area (Å²) in [5, 5.41) is 11.2. The van der Waals surface area contributed by atoms with Crippen LogP contribution in [0, 0.1) is 0 Å². The molecule has 2 aliphatic heterocycles. The maximum atomic E-state index is 13.0. The number of H-pyrrole nitrogens is 1. The lowest BCUT2D eigenvalue weighted by Gasteiger charge is -2.41. The lowest BCUT2D eigenvalue weighted by molar-refractivity contribution is -0.138. The number of alkyl halides is 3. The minimum atomic E-state index is -4.47. The molecule has 9 nitrogen and oxygen atoms in total. The Morgan fingerprint density at radius 2 is 1.74 bits per heavy atom. The second-order valence-corrected chi connectivity index (χ2v) is 8.83. The van der Waals surface area contributed by atoms with Crippen molar-refractivity contribution in [2.75, 3.05) is 24.5 Å². The van der Waals surface area contributed by atoms with E-state index in [9.17, 15) is 22.8 Å². The van der Waals surface area contributed by atoms with Crippen molar-refractivity contribution in [1.29, 1.82) is 0 Å². The molecular formula is C23H24F3N7O2. The first kappa shape index (κ1) is 23.2. The monoisotopic (exact) mass is 487 g/mol. The van der Waals surface area contributed by atoms with Crippen molar-refractivity contribution in [1.82, 2.24) is 30.4 Å². The van der Waals surface area contributed by atoms with Crippen molar-refractivity contribution in [3.8, 4) is 0 Å². The van der Waals surface area contributed by atoms with Crippen LogP contribution in [0.3, 0.4) is 0 Å². The average molecular weight is 487 g/mol. The molecule has 0 spiro atoms. The molecule has 5 rings (SSSR count). The predicted octanol–water partition coefficient (Wildman–Crippen LogP) is 2.09. The minimum Gasteiger partial charge on any atom is -0.337 e. The number of carbonyl (C=O) groups is 1. The summed E-state index contributed by atoms with van der Waals surface area (Å²) in [5.74, 6) is 0.293. The van der Waals surface area contributed by atoms with Crippen molar-refractivity contribution >= 4 is 22.6 Å². The van der Waals surface area contributed by atoms with Gasteiger partial charge in [0.1, 0.15) is 0 Å². The van der Waals surface area contributed by atoms with Gasteiger partial charge in [-0.25, -0.2) is 15.1 Å². The molecule has 2 fully saturated rings. The summed E-state index contributed by atoms with van der Waals surface area (Å²) < 4.78 is 38.4. The Morgan fingerprint density at radius 1 is 1.09 bits per heavy atom. The van der Waals surface area contributed by atoms with Gasteiger partial charge in [-0.05, 0) is 18.9 Å². The highest BCUT2D eigenvalue weighted by Crippen LogP contribution is 2.33. The maximum absolute atomic E-state index is 13.0. The molecule has 2 aliphatic rings. The Bertz CT molecular complexity index is 1260. The normalized spacial score (nSPS) is 20.0. The first-order valence-corrected chi connectivity index (χ1v) is 11.4. The molecule has 0 saturated carbocycles. The summed E-state index contributed by atoms with van der Waals surface area (Å²) in [5.41, 5.74) is -0.413. The smallest absolute Gasteiger partial charge is 0.337 e. The van der Waals surface area contributed by atoms with Gasteiger partial charge >= 0.3 is 6.18 Å². The van der Waals surface area contributed by atoms with E-state index in [0.29, 0.717) is 43.7 Å². The number of rotatable bonds is 6. The third-order valence-corrected chi connectivity index (χ3v) is 6.60. The Hall–Kier alpha value is -3.54. The second kappa shape index (κ2) is 9.25. The van der Waals surface area contributed by atoms with E-state index in [1.165, 1.54) is 0 Å². The molecule has 2 aromatic heterocycles. The fraction of sp³-hybridized carbons (Fsp3) is 0.435. The van der Waals surface area contributed by atoms with Gasteiger partial charge in [0.2, 0.25) is 11.9 Å². The number of piperazine rings is 1. The standard InChI is InChI=1S/C23H24F3N7O2/c24-23(25,26)14-9-28-22(29-10-14)32-12-15-5-6-16(13-32)33(15)20(34)7-8-27-11-19-17-3-1-2-4-18(17)21(35)31-30-19/h1-4,9-10,15-16,27H,5-8,11-13H2,(H,31,35). The Labute approximate surface area is 198 Å². The van der Waals surface area contributed by atoms with Gasteiger partial charge in [0.05, 0.1) is 16.6 Å². The van der Waals surface area contributed by atoms with Crippen LogP contribution in [0.4, 0.5) is 19.1 Å². The van der Waals surface area contributed by atoms with Gasteiger partial charge in [0, 0.05) is 62.5 Å². The molecule has 2 N–H and O–H groups in total. The minimum absolute atomic E-state index is 0.0167. The third kappa shape index (κ3) is 4.70. The largest absolute Gasteiger partial charge is 0.419 e. The van der Waals surface area contributed by atoms with E-state index in [1.807, 2.05) is 21.9 Å². The van der Waals surface area contributed by atoms with Crippen LogP contribution in [0.5, 0.6) is 0 Å². The SMILES string of the molecule is O=C(CCNCc1n[nH]c(=O)c2ccccc12)N1C2CCC1CN(c1ncc(C(F)(F)F)cn1)C2. The van der Waals surface area contributed by atoms with E-state index in [4.69, 9.17) is 0 Å². The molecule has 1 aromatic carbocycles. The topological polar surface area (TPSA) is 107 Å². The summed E-state index contributed by atoms with van der Waals surface area (Å²) in [4.78, 5) is 36.5. The number of nitrogens with zero attached hydrogens (tertiary/aromatic N) is 5. The average Bonchev–Trinajstić information content (AvgIpc) is 3.12. The molecule has 2 atom stereocenters. The maximum Gasteiger partial charge on any atom is 0.419 e. The van der Waals surface area contributed by atoms with Gasteiger partial charge in [0.25, 0.3) is 5.56 Å². The highest BCUT2D eigenvalue weighted by atomic mass is 19.4. The number of halogens is 3. The van der Waals surface area contributed by atoms with Crippen LogP contribution in [-0.2, 0) is 17.5 Å². The van der Waals surface area contributed by atoms with Gasteiger partial charge in [-0.1, -0.05) is 18.2 Å². The number of fused-ring (bicyclic) bond motifs is 3. The second-order valence-electron chi connectivity index (χ2n) is 8.83. The predicted molar refractivity (Wildman–Crippen MR) is 122 cm³/mol. The van der Waals surface area contributed by atoms with E-state index in [2.05, 4.69) is 25.5 Å². The molecule has 2 bridgehead atoms. The van der Waals surface area contributed by atoms with Crippen LogP contribution in [0.25, 0.3) is 10.8 Å². The number of aromatic amines is 1. The lowest BCUT2D eigenvalue weighted by Crippen LogP contribution is -2.56. The van der Waals surface area contributed by atoms with Crippen molar-refractivity contribution < 1.29 is 18.0 Å². The number of anilines is 1. The fourth-order valence-electron chi connectivity index (χ4n) is 4.94. The number of aromatic nitrogens is 4. The highest BCUT2D eigenvalue weighted by Gasteiger charge is 2.43. The zero-order chi connectivity index (χ0) is 24.6. The summed E-state index contributed by atoms with van der Waals surface area (Å²) in [7, 11) is 0. The number of amides is 1. The Balaban J connectivity index is 1.15. The zero-order valence-corrected chi connectivity index (χ0v) is 18.8. The Kier molecular flexibility index (Phi) is 6.13. The fourth-order valence-corrected chi connectivity index (χ4v) is 4.94. The first-order valence-electron chi connectivity index (χ1n) is 11.4. The molecule has 0 aliphatic carbocycles. The summed E-state index contributed by atoms with van der Waals surface area (Å²) in [6, 6.07) is 7.20. The lowest BCUT2D eigenvalue weighted by atomic mass is 10.1. The Morgan fingerprint density at radius 3 is 2.40 bits per heavy atom. The van der Waals surface area contributed by atoms with E-state index in [0.717, 1.165) is 30.6 Å². The van der Waals surface area contributed by atoms with E-state index < -0.39 is 11.7 Å². The number of hydrogen-bond acceptors (Lipinski definition) is 7. The molecule has 184 valence electrons. The van der Waals surface area contributed by atoms with Gasteiger partial charge in [-0.2, -0.15) is 18.3 Å². The van der Waals surface area contributed by atoms with Crippen LogP contribution in [0.15, 0.2) is 41.5 Å². The van der Waals surface area contributed by atoms with E-state index in [1.54, 1.807) is 12.1 Å². The molecule has 35 heavy (non-hydrogen) atoms. The van der Waals surface area contributed by atoms with Crippen LogP contribution >= 0.6 is 0 Å². The van der Waals surface area contributed by atoms with E-state index in [-0.39, 0.29) is 29.5 Å². The van der Waals surface area contributed by atoms with Crippen molar-refractivity contribution in [2.45, 2.75) is 44.1 Å². The van der Waals surface area contributed by atoms with Gasteiger partial charge in [-0.15, -0.1) is 0 Å². The van der Waals surface area contributed by atoms with Crippen LogP contribution in [0.1, 0.15) is 30.5 Å². The third-order valence-electron chi connectivity index (χ3n) is 6.60. The van der Waals surface area contributed by atoms with Crippen molar-refractivity contribution in [3.63, 3.8) is 0 Å². The molecular weight excluding hydrogens is 463 g/mol. The van der Waals surface area contributed by atoms with Crippen molar-refractivity contribution in [3.05, 3.63) is 58.3 Å². The van der Waals surface area contributed by atoms with Gasteiger partial charge in [-0.3, -0.25) is 9.59 Å². The first-order chi connectivity index (χ1) is 16.8. The molecule has 3 aromatic rings. The van der Waals surface area contributed by atoms with Gasteiger partial charge < -0.3 is 15.1 Å². The van der Waals surface area contributed by atoms with Gasteiger partial charge in [0.15, 0.2) is 0 Å². The molecule has 0 radical (unpaired) electrons. The highest BCUT2D eigenvalue weighted by molar-refractivity contribution is 5.83. The summed E-state index contributed by atoms with van der Waals surface area (Å²) >= 11 is 0.